The minimum absolute atomic E-state index is 0. The minimum Gasteiger partial charge on any atom is -0.493 e. The summed E-state index contributed by atoms with van der Waals surface area (Å²) in [7, 11) is 5.00. The van der Waals surface area contributed by atoms with Crippen molar-refractivity contribution in [3.63, 3.8) is 0 Å². The van der Waals surface area contributed by atoms with Crippen LogP contribution in [0.1, 0.15) is 29.2 Å². The van der Waals surface area contributed by atoms with Crippen LogP contribution in [-0.4, -0.2) is 32.1 Å². The molecule has 0 spiro atoms. The van der Waals surface area contributed by atoms with E-state index in [9.17, 15) is 4.79 Å². The largest absolute Gasteiger partial charge is 0.493 e. The molecule has 0 heterocycles. The van der Waals surface area contributed by atoms with Crippen molar-refractivity contribution in [3.05, 3.63) is 59.2 Å². The Morgan fingerprint density at radius 3 is 2.27 bits per heavy atom. The van der Waals surface area contributed by atoms with Crippen molar-refractivity contribution in [3.8, 4) is 11.5 Å². The SMILES string of the molecule is COc1cc(C)c(CN(C)C(=O)CC(N)c2ccccc2)cc1OC.Cl. The summed E-state index contributed by atoms with van der Waals surface area (Å²) < 4.78 is 10.7. The fraction of sp³-hybridized carbons (Fsp3) is 0.350. The van der Waals surface area contributed by atoms with E-state index in [0.717, 1.165) is 16.7 Å². The second-order valence-corrected chi connectivity index (χ2v) is 6.10. The third-order valence-corrected chi connectivity index (χ3v) is 4.30. The van der Waals surface area contributed by atoms with Crippen LogP contribution in [0.4, 0.5) is 0 Å². The summed E-state index contributed by atoms with van der Waals surface area (Å²) in [5, 5.41) is 0. The number of aryl methyl sites for hydroxylation is 1. The van der Waals surface area contributed by atoms with Crippen molar-refractivity contribution in [1.82, 2.24) is 4.90 Å². The standard InChI is InChI=1S/C20H26N2O3.ClH/c1-14-10-18(24-3)19(25-4)11-16(14)13-22(2)20(23)12-17(21)15-8-6-5-7-9-15;/h5-11,17H,12-13,21H2,1-4H3;1H. The number of hydrogen-bond acceptors (Lipinski definition) is 4. The Morgan fingerprint density at radius 1 is 1.12 bits per heavy atom. The molecule has 0 saturated carbocycles. The van der Waals surface area contributed by atoms with Gasteiger partial charge in [0, 0.05) is 26.1 Å². The van der Waals surface area contributed by atoms with Gasteiger partial charge in [-0.25, -0.2) is 0 Å². The lowest BCUT2D eigenvalue weighted by molar-refractivity contribution is -0.130. The molecule has 2 aromatic carbocycles. The molecule has 0 aliphatic carbocycles. The molecule has 1 atom stereocenters. The maximum absolute atomic E-state index is 12.5. The van der Waals surface area contributed by atoms with Crippen LogP contribution >= 0.6 is 12.4 Å². The highest BCUT2D eigenvalue weighted by Crippen LogP contribution is 2.30. The normalized spacial score (nSPS) is 11.3. The number of benzene rings is 2. The Bertz CT molecular complexity index is 722. The molecule has 0 aliphatic rings. The number of rotatable bonds is 7. The highest BCUT2D eigenvalue weighted by atomic mass is 35.5. The Balaban J connectivity index is 0.00000338. The summed E-state index contributed by atoms with van der Waals surface area (Å²) in [4.78, 5) is 14.2. The second-order valence-electron chi connectivity index (χ2n) is 6.10. The van der Waals surface area contributed by atoms with E-state index in [-0.39, 0.29) is 30.8 Å². The third kappa shape index (κ3) is 5.38. The minimum atomic E-state index is -0.303. The van der Waals surface area contributed by atoms with Crippen molar-refractivity contribution in [2.24, 2.45) is 5.73 Å². The third-order valence-electron chi connectivity index (χ3n) is 4.30. The molecule has 142 valence electrons. The number of ether oxygens (including phenoxy) is 2. The van der Waals surface area contributed by atoms with E-state index in [1.54, 1.807) is 26.2 Å². The van der Waals surface area contributed by atoms with Gasteiger partial charge < -0.3 is 20.1 Å². The molecule has 26 heavy (non-hydrogen) atoms. The molecular formula is C20H27ClN2O3. The Morgan fingerprint density at radius 2 is 1.69 bits per heavy atom. The average Bonchev–Trinajstić information content (AvgIpc) is 2.63. The first kappa shape index (κ1) is 21.8. The smallest absolute Gasteiger partial charge is 0.224 e. The fourth-order valence-corrected chi connectivity index (χ4v) is 2.70. The van der Waals surface area contributed by atoms with Gasteiger partial charge in [-0.1, -0.05) is 30.3 Å². The van der Waals surface area contributed by atoms with Gasteiger partial charge >= 0.3 is 0 Å². The summed E-state index contributed by atoms with van der Waals surface area (Å²) in [5.74, 6) is 1.35. The molecule has 2 rings (SSSR count). The number of hydrogen-bond donors (Lipinski definition) is 1. The molecule has 6 heteroatoms. The quantitative estimate of drug-likeness (QED) is 0.801. The zero-order valence-electron chi connectivity index (χ0n) is 15.7. The van der Waals surface area contributed by atoms with Crippen LogP contribution in [0.15, 0.2) is 42.5 Å². The average molecular weight is 379 g/mol. The first-order chi connectivity index (χ1) is 12.0. The zero-order chi connectivity index (χ0) is 18.4. The topological polar surface area (TPSA) is 64.8 Å². The first-order valence-electron chi connectivity index (χ1n) is 8.22. The Labute approximate surface area is 161 Å². The summed E-state index contributed by atoms with van der Waals surface area (Å²) in [6.45, 7) is 2.48. The van der Waals surface area contributed by atoms with Crippen LogP contribution in [0.25, 0.3) is 0 Å². The monoisotopic (exact) mass is 378 g/mol. The summed E-state index contributed by atoms with van der Waals surface area (Å²) in [6.07, 6.45) is 0.271. The molecule has 1 amide bonds. The van der Waals surface area contributed by atoms with E-state index >= 15 is 0 Å². The number of methoxy groups -OCH3 is 2. The Hall–Kier alpha value is -2.24. The number of amides is 1. The molecule has 0 fully saturated rings. The van der Waals surface area contributed by atoms with Gasteiger partial charge in [-0.3, -0.25) is 4.79 Å². The van der Waals surface area contributed by atoms with E-state index in [1.807, 2.05) is 49.4 Å². The number of carbonyl (C=O) groups excluding carboxylic acids is 1. The molecule has 0 saturated heterocycles. The molecule has 1 unspecified atom stereocenters. The number of halogens is 1. The summed E-state index contributed by atoms with van der Waals surface area (Å²) in [6, 6.07) is 13.2. The van der Waals surface area contributed by atoms with Gasteiger partial charge in [0.1, 0.15) is 0 Å². The lowest BCUT2D eigenvalue weighted by Gasteiger charge is -2.22. The van der Waals surface area contributed by atoms with Crippen molar-refractivity contribution in [1.29, 1.82) is 0 Å². The predicted molar refractivity (Wildman–Crippen MR) is 106 cm³/mol. The molecular weight excluding hydrogens is 352 g/mol. The molecule has 5 nitrogen and oxygen atoms in total. The van der Waals surface area contributed by atoms with Gasteiger partial charge in [-0.15, -0.1) is 12.4 Å². The summed E-state index contributed by atoms with van der Waals surface area (Å²) >= 11 is 0. The second kappa shape index (κ2) is 10.0. The number of carbonyl (C=O) groups is 1. The van der Waals surface area contributed by atoms with Gasteiger partial charge in [0.05, 0.1) is 14.2 Å². The van der Waals surface area contributed by atoms with Crippen molar-refractivity contribution in [2.75, 3.05) is 21.3 Å². The van der Waals surface area contributed by atoms with E-state index in [1.165, 1.54) is 0 Å². The van der Waals surface area contributed by atoms with Crippen LogP contribution in [0, 0.1) is 6.92 Å². The highest BCUT2D eigenvalue weighted by molar-refractivity contribution is 5.85. The maximum Gasteiger partial charge on any atom is 0.224 e. The number of nitrogens with zero attached hydrogens (tertiary/aromatic N) is 1. The van der Waals surface area contributed by atoms with Gasteiger partial charge in [0.15, 0.2) is 11.5 Å². The van der Waals surface area contributed by atoms with E-state index in [0.29, 0.717) is 18.0 Å². The summed E-state index contributed by atoms with van der Waals surface area (Å²) in [5.41, 5.74) is 9.18. The van der Waals surface area contributed by atoms with Crippen molar-refractivity contribution in [2.45, 2.75) is 25.9 Å². The number of nitrogens with two attached hydrogens (primary N) is 1. The van der Waals surface area contributed by atoms with Crippen LogP contribution < -0.4 is 15.2 Å². The first-order valence-corrected chi connectivity index (χ1v) is 8.22. The van der Waals surface area contributed by atoms with Gasteiger partial charge in [-0.05, 0) is 35.7 Å². The molecule has 2 aromatic rings. The molecule has 0 aromatic heterocycles. The van der Waals surface area contributed by atoms with E-state index in [2.05, 4.69) is 0 Å². The van der Waals surface area contributed by atoms with Gasteiger partial charge in [0.25, 0.3) is 0 Å². The molecule has 2 N–H and O–H groups in total. The molecule has 0 aliphatic heterocycles. The fourth-order valence-electron chi connectivity index (χ4n) is 2.70. The lowest BCUT2D eigenvalue weighted by Crippen LogP contribution is -2.29. The van der Waals surface area contributed by atoms with Gasteiger partial charge in [-0.2, -0.15) is 0 Å². The van der Waals surface area contributed by atoms with Crippen LogP contribution in [0.5, 0.6) is 11.5 Å². The zero-order valence-corrected chi connectivity index (χ0v) is 16.5. The van der Waals surface area contributed by atoms with E-state index in [4.69, 9.17) is 15.2 Å². The van der Waals surface area contributed by atoms with Crippen molar-refractivity contribution < 1.29 is 14.3 Å². The predicted octanol–water partition coefficient (Wildman–Crippen LogP) is 3.48. The van der Waals surface area contributed by atoms with E-state index < -0.39 is 0 Å². The van der Waals surface area contributed by atoms with Crippen molar-refractivity contribution >= 4 is 18.3 Å². The van der Waals surface area contributed by atoms with Crippen LogP contribution in [0.2, 0.25) is 0 Å². The molecule has 0 radical (unpaired) electrons. The maximum atomic E-state index is 12.5. The van der Waals surface area contributed by atoms with Crippen LogP contribution in [-0.2, 0) is 11.3 Å². The highest BCUT2D eigenvalue weighted by Gasteiger charge is 2.17. The lowest BCUT2D eigenvalue weighted by atomic mass is 10.0. The molecule has 0 bridgehead atoms. The van der Waals surface area contributed by atoms with Gasteiger partial charge in [0.2, 0.25) is 5.91 Å². The Kier molecular flexibility index (Phi) is 8.42. The van der Waals surface area contributed by atoms with Crippen LogP contribution in [0.3, 0.4) is 0 Å².